The molecule has 132 valence electrons. The minimum absolute atomic E-state index is 0.0194. The number of carbonyl (C=O) groups is 2. The lowest BCUT2D eigenvalue weighted by atomic mass is 10.1. The number of carbonyl (C=O) groups excluding carboxylic acids is 2. The number of halogens is 3. The van der Waals surface area contributed by atoms with E-state index in [0.29, 0.717) is 5.56 Å². The summed E-state index contributed by atoms with van der Waals surface area (Å²) in [4.78, 5) is 25.5. The molecule has 0 heterocycles. The molecule has 2 rings (SSSR count). The quantitative estimate of drug-likeness (QED) is 0.555. The molecule has 0 fully saturated rings. The maximum Gasteiger partial charge on any atom is 0.272 e. The van der Waals surface area contributed by atoms with Crippen LogP contribution in [-0.2, 0) is 0 Å². The van der Waals surface area contributed by atoms with Crippen molar-refractivity contribution >= 4 is 46.6 Å². The molecule has 0 aliphatic carbocycles. The standard InChI is InChI=1S/C18H17Cl3N2O2/c1-18(2,3)23(17(25)11-7-5-4-6-8-11)22-16(24)14-12(19)9-10-13(20)15(14)21/h4-10H,1-3H3,(H,22,24). The van der Waals surface area contributed by atoms with Crippen LogP contribution in [0.3, 0.4) is 0 Å². The van der Waals surface area contributed by atoms with Crippen LogP contribution < -0.4 is 5.43 Å². The Morgan fingerprint density at radius 1 is 0.920 bits per heavy atom. The average molecular weight is 400 g/mol. The fraction of sp³-hybridized carbons (Fsp3) is 0.222. The number of hydrazine groups is 1. The predicted molar refractivity (Wildman–Crippen MR) is 101 cm³/mol. The van der Waals surface area contributed by atoms with Crippen molar-refractivity contribution in [2.75, 3.05) is 0 Å². The molecule has 0 saturated carbocycles. The molecule has 0 radical (unpaired) electrons. The van der Waals surface area contributed by atoms with Crippen molar-refractivity contribution in [2.24, 2.45) is 0 Å². The first kappa shape index (κ1) is 19.6. The van der Waals surface area contributed by atoms with Gasteiger partial charge in [0, 0.05) is 5.56 Å². The van der Waals surface area contributed by atoms with Crippen LogP contribution in [0.2, 0.25) is 15.1 Å². The van der Waals surface area contributed by atoms with Crippen molar-refractivity contribution in [3.8, 4) is 0 Å². The van der Waals surface area contributed by atoms with Gasteiger partial charge in [0.1, 0.15) is 0 Å². The van der Waals surface area contributed by atoms with Gasteiger partial charge in [-0.25, -0.2) is 5.01 Å². The van der Waals surface area contributed by atoms with E-state index in [-0.39, 0.29) is 26.5 Å². The lowest BCUT2D eigenvalue weighted by Crippen LogP contribution is -2.56. The van der Waals surface area contributed by atoms with Gasteiger partial charge in [-0.2, -0.15) is 0 Å². The highest BCUT2D eigenvalue weighted by Crippen LogP contribution is 2.31. The molecule has 7 heteroatoms. The Morgan fingerprint density at radius 3 is 2.04 bits per heavy atom. The lowest BCUT2D eigenvalue weighted by molar-refractivity contribution is 0.0358. The molecule has 2 aromatic rings. The molecule has 0 bridgehead atoms. The summed E-state index contributed by atoms with van der Waals surface area (Å²) in [6.07, 6.45) is 0. The molecule has 4 nitrogen and oxygen atoms in total. The average Bonchev–Trinajstić information content (AvgIpc) is 2.55. The summed E-state index contributed by atoms with van der Waals surface area (Å²) in [7, 11) is 0. The van der Waals surface area contributed by atoms with Crippen molar-refractivity contribution in [3.63, 3.8) is 0 Å². The number of hydrogen-bond donors (Lipinski definition) is 1. The van der Waals surface area contributed by atoms with Gasteiger partial charge in [0.2, 0.25) is 0 Å². The normalized spacial score (nSPS) is 11.1. The zero-order valence-electron chi connectivity index (χ0n) is 13.9. The van der Waals surface area contributed by atoms with Crippen LogP contribution in [0, 0.1) is 0 Å². The van der Waals surface area contributed by atoms with E-state index in [2.05, 4.69) is 5.43 Å². The minimum Gasteiger partial charge on any atom is -0.267 e. The SMILES string of the molecule is CC(C)(C)N(NC(=O)c1c(Cl)ccc(Cl)c1Cl)C(=O)c1ccccc1. The largest absolute Gasteiger partial charge is 0.272 e. The summed E-state index contributed by atoms with van der Waals surface area (Å²) < 4.78 is 0. The van der Waals surface area contributed by atoms with Gasteiger partial charge in [0.05, 0.1) is 26.2 Å². The number of nitrogens with zero attached hydrogens (tertiary/aromatic N) is 1. The Kier molecular flexibility index (Phi) is 5.99. The van der Waals surface area contributed by atoms with E-state index < -0.39 is 11.4 Å². The summed E-state index contributed by atoms with van der Waals surface area (Å²) in [6.45, 7) is 5.40. The first-order chi connectivity index (χ1) is 11.6. The van der Waals surface area contributed by atoms with E-state index >= 15 is 0 Å². The monoisotopic (exact) mass is 398 g/mol. The van der Waals surface area contributed by atoms with Crippen molar-refractivity contribution in [1.82, 2.24) is 10.4 Å². The lowest BCUT2D eigenvalue weighted by Gasteiger charge is -2.35. The Morgan fingerprint density at radius 2 is 1.48 bits per heavy atom. The van der Waals surface area contributed by atoms with E-state index in [1.807, 2.05) is 6.07 Å². The first-order valence-electron chi connectivity index (χ1n) is 7.47. The van der Waals surface area contributed by atoms with Crippen LogP contribution in [0.15, 0.2) is 42.5 Å². The van der Waals surface area contributed by atoms with Crippen molar-refractivity contribution in [2.45, 2.75) is 26.3 Å². The van der Waals surface area contributed by atoms with Crippen LogP contribution in [0.25, 0.3) is 0 Å². The smallest absolute Gasteiger partial charge is 0.267 e. The number of benzene rings is 2. The third kappa shape index (κ3) is 4.46. The highest BCUT2D eigenvalue weighted by molar-refractivity contribution is 6.46. The second-order valence-corrected chi connectivity index (χ2v) is 7.53. The molecule has 2 aromatic carbocycles. The maximum absolute atomic E-state index is 12.8. The van der Waals surface area contributed by atoms with Crippen molar-refractivity contribution < 1.29 is 9.59 Å². The van der Waals surface area contributed by atoms with Crippen molar-refractivity contribution in [3.05, 3.63) is 68.7 Å². The number of amides is 2. The van der Waals surface area contributed by atoms with Gasteiger partial charge >= 0.3 is 0 Å². The molecule has 0 spiro atoms. The summed E-state index contributed by atoms with van der Waals surface area (Å²) in [6, 6.07) is 11.6. The number of rotatable bonds is 2. The van der Waals surface area contributed by atoms with Gasteiger partial charge in [-0.15, -0.1) is 0 Å². The second-order valence-electron chi connectivity index (χ2n) is 6.34. The minimum atomic E-state index is -0.680. The third-order valence-corrected chi connectivity index (χ3v) is 4.50. The zero-order chi connectivity index (χ0) is 18.8. The van der Waals surface area contributed by atoms with Crippen LogP contribution in [0.1, 0.15) is 41.5 Å². The van der Waals surface area contributed by atoms with Gasteiger partial charge in [-0.3, -0.25) is 15.0 Å². The molecule has 0 atom stereocenters. The molecule has 25 heavy (non-hydrogen) atoms. The summed E-state index contributed by atoms with van der Waals surface area (Å²) in [5.41, 5.74) is 2.38. The zero-order valence-corrected chi connectivity index (χ0v) is 16.2. The molecule has 0 aliphatic rings. The van der Waals surface area contributed by atoms with Gasteiger partial charge in [0.15, 0.2) is 0 Å². The van der Waals surface area contributed by atoms with E-state index in [1.165, 1.54) is 17.1 Å². The molecular formula is C18H17Cl3N2O2. The van der Waals surface area contributed by atoms with Crippen molar-refractivity contribution in [1.29, 1.82) is 0 Å². The fourth-order valence-electron chi connectivity index (χ4n) is 2.13. The third-order valence-electron chi connectivity index (χ3n) is 3.38. The summed E-state index contributed by atoms with van der Waals surface area (Å²) in [5.74, 6) is -0.965. The van der Waals surface area contributed by atoms with E-state index in [0.717, 1.165) is 0 Å². The van der Waals surface area contributed by atoms with E-state index in [1.54, 1.807) is 45.0 Å². The first-order valence-corrected chi connectivity index (χ1v) is 8.60. The number of hydrogen-bond acceptors (Lipinski definition) is 2. The Labute approximate surface area is 161 Å². The Hall–Kier alpha value is -1.75. The predicted octanol–water partition coefficient (Wildman–Crippen LogP) is 5.23. The van der Waals surface area contributed by atoms with Gasteiger partial charge in [-0.1, -0.05) is 53.0 Å². The van der Waals surface area contributed by atoms with Gasteiger partial charge in [0.25, 0.3) is 11.8 Å². The molecule has 0 unspecified atom stereocenters. The van der Waals surface area contributed by atoms with Gasteiger partial charge < -0.3 is 0 Å². The Balaban J connectivity index is 2.38. The van der Waals surface area contributed by atoms with Gasteiger partial charge in [-0.05, 0) is 45.0 Å². The molecule has 0 saturated heterocycles. The van der Waals surface area contributed by atoms with Crippen LogP contribution >= 0.6 is 34.8 Å². The summed E-state index contributed by atoms with van der Waals surface area (Å²) >= 11 is 18.2. The summed E-state index contributed by atoms with van der Waals surface area (Å²) in [5, 5.41) is 1.63. The van der Waals surface area contributed by atoms with Crippen LogP contribution in [-0.4, -0.2) is 22.4 Å². The molecular weight excluding hydrogens is 383 g/mol. The highest BCUT2D eigenvalue weighted by atomic mass is 35.5. The van der Waals surface area contributed by atoms with Crippen LogP contribution in [0.4, 0.5) is 0 Å². The number of nitrogens with one attached hydrogen (secondary N) is 1. The van der Waals surface area contributed by atoms with E-state index in [4.69, 9.17) is 34.8 Å². The maximum atomic E-state index is 12.8. The fourth-order valence-corrected chi connectivity index (χ4v) is 2.83. The second kappa shape index (κ2) is 7.65. The van der Waals surface area contributed by atoms with E-state index in [9.17, 15) is 9.59 Å². The molecule has 0 aromatic heterocycles. The molecule has 2 amide bonds. The molecule has 1 N–H and O–H groups in total. The Bertz CT molecular complexity index is 802. The highest BCUT2D eigenvalue weighted by Gasteiger charge is 2.30. The molecule has 0 aliphatic heterocycles. The topological polar surface area (TPSA) is 49.4 Å². The van der Waals surface area contributed by atoms with Crippen LogP contribution in [0.5, 0.6) is 0 Å².